The van der Waals surface area contributed by atoms with E-state index in [1.807, 2.05) is 108 Å². The second kappa shape index (κ2) is 20.6. The molecule has 348 valence electrons. The van der Waals surface area contributed by atoms with E-state index in [2.05, 4.69) is 130 Å². The van der Waals surface area contributed by atoms with Gasteiger partial charge in [-0.2, -0.15) is 0 Å². The molecule has 0 saturated heterocycles. The Bertz CT molecular complexity index is 3240. The Labute approximate surface area is 404 Å². The maximum atomic E-state index is 12.8. The largest absolute Gasteiger partial charge is 0.378 e. The molecule has 0 unspecified atom stereocenters. The first-order valence-electron chi connectivity index (χ1n) is 22.6. The van der Waals surface area contributed by atoms with Gasteiger partial charge in [0.15, 0.2) is 0 Å². The molecule has 2 heterocycles. The van der Waals surface area contributed by atoms with Crippen molar-refractivity contribution in [3.05, 3.63) is 158 Å². The number of nitrogens with one attached hydrogen (secondary N) is 2. The highest BCUT2D eigenvalue weighted by atomic mass is 16.2. The van der Waals surface area contributed by atoms with Gasteiger partial charge in [-0.3, -0.25) is 9.59 Å². The molecule has 0 saturated carbocycles. The van der Waals surface area contributed by atoms with Crippen LogP contribution in [0.4, 0.5) is 34.1 Å². The van der Waals surface area contributed by atoms with Crippen LogP contribution >= 0.6 is 0 Å². The zero-order valence-electron chi connectivity index (χ0n) is 40.4. The van der Waals surface area contributed by atoms with Gasteiger partial charge >= 0.3 is 0 Å². The molecular weight excluding hydrogens is 859 g/mol. The molecule has 0 atom stereocenters. The van der Waals surface area contributed by atoms with E-state index < -0.39 is 0 Å². The van der Waals surface area contributed by atoms with Gasteiger partial charge in [-0.15, -0.1) is 0 Å². The molecule has 8 aromatic rings. The van der Waals surface area contributed by atoms with E-state index in [1.165, 1.54) is 6.08 Å². The van der Waals surface area contributed by atoms with Gasteiger partial charge in [0.2, 0.25) is 11.8 Å². The lowest BCUT2D eigenvalue weighted by molar-refractivity contribution is -0.112. The first kappa shape index (κ1) is 47.1. The molecular formula is C56H57N11O2. The van der Waals surface area contributed by atoms with Crippen molar-refractivity contribution < 1.29 is 9.59 Å². The molecule has 0 aliphatic rings. The smallest absolute Gasteiger partial charge is 0.248 e. The minimum atomic E-state index is -0.298. The van der Waals surface area contributed by atoms with E-state index in [9.17, 15) is 9.59 Å². The van der Waals surface area contributed by atoms with Crippen molar-refractivity contribution in [2.24, 2.45) is 0 Å². The highest BCUT2D eigenvalue weighted by molar-refractivity contribution is 6.01. The van der Waals surface area contributed by atoms with E-state index in [4.69, 9.17) is 19.9 Å². The van der Waals surface area contributed by atoms with Gasteiger partial charge in [-0.25, -0.2) is 19.9 Å². The van der Waals surface area contributed by atoms with Gasteiger partial charge in [0, 0.05) is 111 Å². The summed E-state index contributed by atoms with van der Waals surface area (Å²) >= 11 is 0. The third-order valence-electron chi connectivity index (χ3n) is 11.6. The topological polar surface area (TPSA) is 126 Å². The van der Waals surface area contributed by atoms with Crippen LogP contribution in [0.1, 0.15) is 0 Å². The second-order valence-corrected chi connectivity index (χ2v) is 17.6. The van der Waals surface area contributed by atoms with Crippen molar-refractivity contribution in [1.29, 1.82) is 0 Å². The lowest BCUT2D eigenvalue weighted by atomic mass is 10.0. The van der Waals surface area contributed by atoms with Crippen molar-refractivity contribution >= 4 is 68.0 Å². The summed E-state index contributed by atoms with van der Waals surface area (Å²) in [6.45, 7) is 4.81. The monoisotopic (exact) mass is 915 g/mol. The average molecular weight is 916 g/mol. The van der Waals surface area contributed by atoms with Crippen molar-refractivity contribution in [3.63, 3.8) is 0 Å². The second-order valence-electron chi connectivity index (χ2n) is 17.6. The number of carbonyl (C=O) groups excluding carboxylic acids is 2. The summed E-state index contributed by atoms with van der Waals surface area (Å²) in [6.07, 6.45) is 4.62. The Morgan fingerprint density at radius 3 is 1.25 bits per heavy atom. The van der Waals surface area contributed by atoms with Gasteiger partial charge < -0.3 is 35.1 Å². The normalized spacial score (nSPS) is 11.3. The van der Waals surface area contributed by atoms with Gasteiger partial charge in [0.25, 0.3) is 0 Å². The quantitative estimate of drug-likeness (QED) is 0.0711. The van der Waals surface area contributed by atoms with Crippen molar-refractivity contribution in [3.8, 4) is 45.0 Å². The number of rotatable bonds is 16. The predicted octanol–water partition coefficient (Wildman–Crippen LogP) is 10.1. The minimum absolute atomic E-state index is 0.207. The number of carbonyl (C=O) groups is 2. The number of benzene rings is 6. The molecule has 2 N–H and O–H groups in total. The molecule has 13 heteroatoms. The van der Waals surface area contributed by atoms with Crippen LogP contribution in [0.3, 0.4) is 0 Å². The predicted molar refractivity (Wildman–Crippen MR) is 286 cm³/mol. The van der Waals surface area contributed by atoms with Crippen LogP contribution in [0.25, 0.3) is 67.1 Å². The Hall–Kier alpha value is -8.42. The van der Waals surface area contributed by atoms with E-state index in [0.29, 0.717) is 46.7 Å². The summed E-state index contributed by atoms with van der Waals surface area (Å²) in [5.74, 6) is -0.505. The highest BCUT2D eigenvalue weighted by Gasteiger charge is 2.19. The van der Waals surface area contributed by atoms with Crippen LogP contribution < -0.4 is 30.2 Å². The lowest BCUT2D eigenvalue weighted by Gasteiger charge is -2.28. The van der Waals surface area contributed by atoms with Crippen LogP contribution in [-0.2, 0) is 9.59 Å². The maximum absolute atomic E-state index is 12.8. The molecule has 69 heavy (non-hydrogen) atoms. The first-order chi connectivity index (χ1) is 33.2. The van der Waals surface area contributed by atoms with Crippen LogP contribution in [0.2, 0.25) is 0 Å². The fraction of sp³-hybridized carbons (Fsp3) is 0.179. The van der Waals surface area contributed by atoms with E-state index in [-0.39, 0.29) is 11.8 Å². The number of aromatic nitrogens is 4. The van der Waals surface area contributed by atoms with Crippen molar-refractivity contribution in [2.45, 2.75) is 0 Å². The van der Waals surface area contributed by atoms with Crippen molar-refractivity contribution in [1.82, 2.24) is 24.8 Å². The van der Waals surface area contributed by atoms with Crippen LogP contribution in [-0.4, -0.2) is 106 Å². The number of anilines is 6. The summed E-state index contributed by atoms with van der Waals surface area (Å²) < 4.78 is 0. The SMILES string of the molecule is C=CC(=O)Nc1ccc2nc(-c3cccc(N(C)C)c3)c(-c3cccc(N(C)CN(C)c4cccc(-c5nc6ccc(NC(=O)/C=C/CN(C)C)cc6nc5-c5cccc(N(C)C)c5)c4)c3)nc2c1. The molecule has 0 aliphatic heterocycles. The number of nitrogens with zero attached hydrogens (tertiary/aromatic N) is 9. The third-order valence-corrected chi connectivity index (χ3v) is 11.6. The summed E-state index contributed by atoms with van der Waals surface area (Å²) in [5.41, 5.74) is 14.7. The van der Waals surface area contributed by atoms with Crippen LogP contribution in [0.15, 0.2) is 158 Å². The molecule has 2 amide bonds. The molecule has 6 aromatic carbocycles. The van der Waals surface area contributed by atoms with E-state index in [1.54, 1.807) is 6.08 Å². The van der Waals surface area contributed by atoms with Crippen LogP contribution in [0, 0.1) is 0 Å². The zero-order chi connectivity index (χ0) is 48.8. The van der Waals surface area contributed by atoms with Gasteiger partial charge in [-0.1, -0.05) is 61.2 Å². The zero-order valence-corrected chi connectivity index (χ0v) is 40.4. The van der Waals surface area contributed by atoms with Crippen LogP contribution in [0.5, 0.6) is 0 Å². The average Bonchev–Trinajstić information content (AvgIpc) is 3.35. The molecule has 0 fully saturated rings. The summed E-state index contributed by atoms with van der Waals surface area (Å²) in [6, 6.07) is 44.4. The molecule has 0 aliphatic carbocycles. The molecule has 0 spiro atoms. The molecule has 8 rings (SSSR count). The molecule has 2 aromatic heterocycles. The van der Waals surface area contributed by atoms with E-state index >= 15 is 0 Å². The summed E-state index contributed by atoms with van der Waals surface area (Å²) in [7, 11) is 16.1. The fourth-order valence-electron chi connectivity index (χ4n) is 7.94. The van der Waals surface area contributed by atoms with Crippen molar-refractivity contribution in [2.75, 3.05) is 99.8 Å². The van der Waals surface area contributed by atoms with Gasteiger partial charge in [0.05, 0.1) is 51.5 Å². The maximum Gasteiger partial charge on any atom is 0.248 e. The fourth-order valence-corrected chi connectivity index (χ4v) is 7.94. The Morgan fingerprint density at radius 2 is 0.855 bits per heavy atom. The summed E-state index contributed by atoms with van der Waals surface area (Å²) in [4.78, 5) is 56.3. The van der Waals surface area contributed by atoms with E-state index in [0.717, 1.165) is 67.8 Å². The standard InChI is InChI=1S/C56H57N11O2/c1-10-51(68)57-41-25-27-47-49(34-41)62-56(53(59-47)37-16-11-20-43(30-37)64(4)5)40-19-14-23-46(33-40)67(9)36-66(8)45-22-13-18-39(32-45)54-55(38-17-12-21-44(31-38)65(6)7)61-50-35-42(26-28-48(50)60-54)58-52(69)24-15-29-63(2)3/h10-28,30-35H,1,29,36H2,2-9H3,(H,57,68)(H,58,69)/b24-15+. The Morgan fingerprint density at radius 1 is 0.478 bits per heavy atom. The molecule has 13 nitrogen and oxygen atoms in total. The number of likely N-dealkylation sites (N-methyl/N-ethyl adjacent to an activating group) is 1. The summed E-state index contributed by atoms with van der Waals surface area (Å²) in [5, 5.41) is 5.83. The number of amides is 2. The first-order valence-corrected chi connectivity index (χ1v) is 22.6. The Kier molecular flexibility index (Phi) is 14.1. The molecule has 0 radical (unpaired) electrons. The number of fused-ring (bicyclic) bond motifs is 2. The third kappa shape index (κ3) is 11.1. The van der Waals surface area contributed by atoms with Gasteiger partial charge in [-0.05, 0) is 105 Å². The highest BCUT2D eigenvalue weighted by Crippen LogP contribution is 2.37. The number of hydrogen-bond donors (Lipinski definition) is 2. The molecule has 0 bridgehead atoms. The minimum Gasteiger partial charge on any atom is -0.378 e. The number of hydrogen-bond acceptors (Lipinski definition) is 11. The Balaban J connectivity index is 1.11. The van der Waals surface area contributed by atoms with Gasteiger partial charge in [0.1, 0.15) is 0 Å². The lowest BCUT2D eigenvalue weighted by Crippen LogP contribution is -2.32.